The summed E-state index contributed by atoms with van der Waals surface area (Å²) in [6.07, 6.45) is 3.04. The number of carbonyl (C=O) groups is 1. The Balaban J connectivity index is 1.80. The fourth-order valence-corrected chi connectivity index (χ4v) is 3.79. The zero-order chi connectivity index (χ0) is 22.9. The number of aromatic nitrogens is 2. The molecule has 0 aliphatic rings. The number of benzene rings is 3. The lowest BCUT2D eigenvalue weighted by Gasteiger charge is -2.16. The SMILES string of the molecule is CN(C(=O)n1[c]c(-c2ccc(Cl)cc2)c(-c2ccc(S(N)(=O)=O)cc2)n1)c1ccccc1. The Hall–Kier alpha value is -3.46. The molecule has 3 aromatic carbocycles. The van der Waals surface area contributed by atoms with Crippen LogP contribution in [0.3, 0.4) is 0 Å². The number of halogens is 1. The van der Waals surface area contributed by atoms with Gasteiger partial charge in [0.05, 0.1) is 4.90 Å². The Morgan fingerprint density at radius 1 is 0.969 bits per heavy atom. The lowest BCUT2D eigenvalue weighted by Crippen LogP contribution is -2.31. The summed E-state index contributed by atoms with van der Waals surface area (Å²) in [5.41, 5.74) is 3.09. The third-order valence-electron chi connectivity index (χ3n) is 4.86. The lowest BCUT2D eigenvalue weighted by atomic mass is 10.0. The quantitative estimate of drug-likeness (QED) is 0.482. The molecule has 0 aliphatic heterocycles. The third-order valence-corrected chi connectivity index (χ3v) is 6.04. The van der Waals surface area contributed by atoms with Gasteiger partial charge >= 0.3 is 6.03 Å². The van der Waals surface area contributed by atoms with E-state index in [1.54, 1.807) is 43.4 Å². The summed E-state index contributed by atoms with van der Waals surface area (Å²) in [6, 6.07) is 21.8. The molecule has 0 bridgehead atoms. The molecule has 1 aromatic heterocycles. The summed E-state index contributed by atoms with van der Waals surface area (Å²) < 4.78 is 24.3. The van der Waals surface area contributed by atoms with Crippen LogP contribution in [0.4, 0.5) is 10.5 Å². The molecule has 161 valence electrons. The first-order chi connectivity index (χ1) is 15.2. The summed E-state index contributed by atoms with van der Waals surface area (Å²) in [7, 11) is -2.18. The molecule has 7 nitrogen and oxygen atoms in total. The molecule has 1 amide bonds. The van der Waals surface area contributed by atoms with Crippen molar-refractivity contribution in [2.24, 2.45) is 5.14 Å². The van der Waals surface area contributed by atoms with Gasteiger partial charge in [-0.15, -0.1) is 0 Å². The first-order valence-corrected chi connectivity index (χ1v) is 11.4. The lowest BCUT2D eigenvalue weighted by molar-refractivity contribution is 0.246. The molecule has 0 atom stereocenters. The normalized spacial score (nSPS) is 11.3. The molecule has 4 rings (SSSR count). The van der Waals surface area contributed by atoms with E-state index in [0.717, 1.165) is 10.2 Å². The summed E-state index contributed by atoms with van der Waals surface area (Å²) >= 11 is 6.02. The van der Waals surface area contributed by atoms with E-state index in [-0.39, 0.29) is 4.90 Å². The first kappa shape index (κ1) is 21.8. The van der Waals surface area contributed by atoms with E-state index in [1.807, 2.05) is 30.3 Å². The van der Waals surface area contributed by atoms with Crippen molar-refractivity contribution in [2.75, 3.05) is 11.9 Å². The van der Waals surface area contributed by atoms with Crippen molar-refractivity contribution in [1.29, 1.82) is 0 Å². The number of anilines is 1. The summed E-state index contributed by atoms with van der Waals surface area (Å²) in [5.74, 6) is 0. The molecule has 9 heteroatoms. The Bertz CT molecular complexity index is 1370. The van der Waals surface area contributed by atoms with E-state index in [1.165, 1.54) is 17.0 Å². The fraction of sp³-hybridized carbons (Fsp3) is 0.0435. The van der Waals surface area contributed by atoms with Gasteiger partial charge in [-0.2, -0.15) is 9.78 Å². The highest BCUT2D eigenvalue weighted by molar-refractivity contribution is 7.89. The zero-order valence-electron chi connectivity index (χ0n) is 16.9. The monoisotopic (exact) mass is 465 g/mol. The van der Waals surface area contributed by atoms with Gasteiger partial charge in [-0.25, -0.2) is 18.4 Å². The second kappa shape index (κ2) is 8.58. The summed E-state index contributed by atoms with van der Waals surface area (Å²) in [4.78, 5) is 14.5. The second-order valence-electron chi connectivity index (χ2n) is 7.00. The average molecular weight is 466 g/mol. The molecule has 0 unspecified atom stereocenters. The van der Waals surface area contributed by atoms with Crippen LogP contribution >= 0.6 is 11.6 Å². The molecule has 0 saturated heterocycles. The molecule has 2 N–H and O–H groups in total. The molecule has 1 heterocycles. The van der Waals surface area contributed by atoms with Crippen LogP contribution < -0.4 is 10.0 Å². The first-order valence-electron chi connectivity index (χ1n) is 9.48. The molecule has 0 saturated carbocycles. The van der Waals surface area contributed by atoms with E-state index in [9.17, 15) is 13.2 Å². The van der Waals surface area contributed by atoms with Crippen LogP contribution in [0.25, 0.3) is 22.4 Å². The fourth-order valence-electron chi connectivity index (χ4n) is 3.15. The predicted molar refractivity (Wildman–Crippen MR) is 124 cm³/mol. The van der Waals surface area contributed by atoms with E-state index >= 15 is 0 Å². The topological polar surface area (TPSA) is 98.3 Å². The minimum absolute atomic E-state index is 0.0161. The number of carbonyl (C=O) groups excluding carboxylic acids is 1. The minimum Gasteiger partial charge on any atom is -0.296 e. The standard InChI is InChI=1S/C23H18ClN4O3S/c1-27(19-5-3-2-4-6-19)23(29)28-15-21(16-7-11-18(24)12-8-16)22(26-28)17-9-13-20(14-10-17)32(25,30)31/h2-14H,1H3,(H2,25,30,31). The predicted octanol–water partition coefficient (Wildman–Crippen LogP) is 4.42. The van der Waals surface area contributed by atoms with Crippen molar-refractivity contribution in [3.63, 3.8) is 0 Å². The number of amides is 1. The number of primary sulfonamides is 1. The van der Waals surface area contributed by atoms with Crippen LogP contribution in [-0.2, 0) is 10.0 Å². The van der Waals surface area contributed by atoms with E-state index < -0.39 is 16.1 Å². The van der Waals surface area contributed by atoms with Crippen molar-refractivity contribution in [1.82, 2.24) is 9.78 Å². The number of rotatable bonds is 4. The van der Waals surface area contributed by atoms with Crippen LogP contribution in [0.15, 0.2) is 83.8 Å². The van der Waals surface area contributed by atoms with Crippen LogP contribution in [0.2, 0.25) is 5.02 Å². The van der Waals surface area contributed by atoms with Gasteiger partial charge in [0.1, 0.15) is 11.9 Å². The number of nitrogens with two attached hydrogens (primary N) is 1. The largest absolute Gasteiger partial charge is 0.349 e. The van der Waals surface area contributed by atoms with E-state index in [0.29, 0.717) is 27.5 Å². The number of sulfonamides is 1. The van der Waals surface area contributed by atoms with E-state index in [4.69, 9.17) is 16.7 Å². The maximum absolute atomic E-state index is 13.1. The Labute approximate surface area is 190 Å². The van der Waals surface area contributed by atoms with Crippen molar-refractivity contribution in [3.8, 4) is 22.4 Å². The number of para-hydroxylation sites is 1. The van der Waals surface area contributed by atoms with Gasteiger partial charge < -0.3 is 0 Å². The maximum Gasteiger partial charge on any atom is 0.349 e. The molecule has 0 fully saturated rings. The van der Waals surface area contributed by atoms with Crippen molar-refractivity contribution in [2.45, 2.75) is 4.90 Å². The van der Waals surface area contributed by atoms with Gasteiger partial charge in [0.25, 0.3) is 0 Å². The molecule has 0 aliphatic carbocycles. The molecular formula is C23H18ClN4O3S. The van der Waals surface area contributed by atoms with Crippen LogP contribution in [0.5, 0.6) is 0 Å². The van der Waals surface area contributed by atoms with Gasteiger partial charge in [-0.3, -0.25) is 4.90 Å². The molecule has 0 spiro atoms. The smallest absolute Gasteiger partial charge is 0.296 e. The number of hydrogen-bond acceptors (Lipinski definition) is 4. The second-order valence-corrected chi connectivity index (χ2v) is 9.00. The van der Waals surface area contributed by atoms with E-state index in [2.05, 4.69) is 11.3 Å². The van der Waals surface area contributed by atoms with Gasteiger partial charge in [-0.1, -0.05) is 54.1 Å². The van der Waals surface area contributed by atoms with Gasteiger partial charge in [0, 0.05) is 28.9 Å². The van der Waals surface area contributed by atoms with Crippen LogP contribution in [-0.4, -0.2) is 31.3 Å². The average Bonchev–Trinajstić information content (AvgIpc) is 3.24. The van der Waals surface area contributed by atoms with Gasteiger partial charge in [0.15, 0.2) is 0 Å². The van der Waals surface area contributed by atoms with Crippen molar-refractivity contribution < 1.29 is 13.2 Å². The maximum atomic E-state index is 13.1. The van der Waals surface area contributed by atoms with Crippen LogP contribution in [0, 0.1) is 6.20 Å². The number of nitrogens with zero attached hydrogens (tertiary/aromatic N) is 3. The highest BCUT2D eigenvalue weighted by Gasteiger charge is 2.21. The Morgan fingerprint density at radius 2 is 1.56 bits per heavy atom. The summed E-state index contributed by atoms with van der Waals surface area (Å²) in [5, 5.41) is 10.2. The summed E-state index contributed by atoms with van der Waals surface area (Å²) in [6.45, 7) is 0. The van der Waals surface area contributed by atoms with Gasteiger partial charge in [0.2, 0.25) is 10.0 Å². The molecule has 1 radical (unpaired) electrons. The molecule has 32 heavy (non-hydrogen) atoms. The van der Waals surface area contributed by atoms with Crippen LogP contribution in [0.1, 0.15) is 0 Å². The van der Waals surface area contributed by atoms with Gasteiger partial charge in [-0.05, 0) is 42.0 Å². The number of hydrogen-bond donors (Lipinski definition) is 1. The highest BCUT2D eigenvalue weighted by atomic mass is 35.5. The Kier molecular flexibility index (Phi) is 5.84. The third kappa shape index (κ3) is 4.43. The Morgan fingerprint density at radius 3 is 2.16 bits per heavy atom. The highest BCUT2D eigenvalue weighted by Crippen LogP contribution is 2.32. The van der Waals surface area contributed by atoms with Crippen molar-refractivity contribution >= 4 is 33.3 Å². The molecule has 4 aromatic rings. The zero-order valence-corrected chi connectivity index (χ0v) is 18.5. The minimum atomic E-state index is -3.83. The van der Waals surface area contributed by atoms with Crippen molar-refractivity contribution in [3.05, 3.63) is 90.1 Å². The molecular weight excluding hydrogens is 448 g/mol.